The molecular formula is C23H27ClN4O. The molecule has 0 atom stereocenters. The van der Waals surface area contributed by atoms with Crippen LogP contribution in [0.15, 0.2) is 73.1 Å². The lowest BCUT2D eigenvalue weighted by Crippen LogP contribution is -2.54. The zero-order chi connectivity index (χ0) is 19.4. The first-order chi connectivity index (χ1) is 13.7. The predicted molar refractivity (Wildman–Crippen MR) is 118 cm³/mol. The van der Waals surface area contributed by atoms with Gasteiger partial charge in [0.05, 0.1) is 0 Å². The molecule has 0 spiro atoms. The maximum Gasteiger partial charge on any atom is 0.250 e. The summed E-state index contributed by atoms with van der Waals surface area (Å²) in [6.07, 6.45) is 5.16. The van der Waals surface area contributed by atoms with Gasteiger partial charge >= 0.3 is 0 Å². The van der Waals surface area contributed by atoms with Crippen LogP contribution >= 0.6 is 12.4 Å². The van der Waals surface area contributed by atoms with E-state index in [-0.39, 0.29) is 18.3 Å². The minimum atomic E-state index is -0.606. The van der Waals surface area contributed by atoms with Crippen molar-refractivity contribution in [3.8, 4) is 11.1 Å². The largest absolute Gasteiger partial charge is 0.339 e. The number of nitrogens with zero attached hydrogens (tertiary/aromatic N) is 3. The molecule has 4 rings (SSSR count). The van der Waals surface area contributed by atoms with Gasteiger partial charge < -0.3 is 10.2 Å². The number of halogens is 1. The van der Waals surface area contributed by atoms with Crippen molar-refractivity contribution in [3.05, 3.63) is 78.6 Å². The zero-order valence-corrected chi connectivity index (χ0v) is 17.4. The second kappa shape index (κ2) is 9.25. The van der Waals surface area contributed by atoms with Crippen LogP contribution in [0.3, 0.4) is 0 Å². The molecule has 1 amide bonds. The van der Waals surface area contributed by atoms with Gasteiger partial charge in [-0.1, -0.05) is 54.6 Å². The molecule has 1 aromatic heterocycles. The van der Waals surface area contributed by atoms with Crippen LogP contribution in [0.1, 0.15) is 18.4 Å². The molecular weight excluding hydrogens is 384 g/mol. The fraction of sp³-hybridized carbons (Fsp3) is 0.304. The first kappa shape index (κ1) is 21.1. The van der Waals surface area contributed by atoms with Gasteiger partial charge in [-0.3, -0.25) is 9.48 Å². The summed E-state index contributed by atoms with van der Waals surface area (Å²) < 4.78 is 1.86. The highest BCUT2D eigenvalue weighted by molar-refractivity contribution is 5.85. The number of piperidine rings is 1. The molecule has 0 saturated carbocycles. The smallest absolute Gasteiger partial charge is 0.250 e. The van der Waals surface area contributed by atoms with Gasteiger partial charge in [-0.25, -0.2) is 0 Å². The molecule has 2 heterocycles. The Hall–Kier alpha value is -2.63. The lowest BCUT2D eigenvalue weighted by Gasteiger charge is -2.39. The monoisotopic (exact) mass is 410 g/mol. The molecule has 1 N–H and O–H groups in total. The van der Waals surface area contributed by atoms with Crippen molar-refractivity contribution in [1.29, 1.82) is 0 Å². The summed E-state index contributed by atoms with van der Waals surface area (Å²) in [5.41, 5.74) is 2.88. The summed E-state index contributed by atoms with van der Waals surface area (Å²) >= 11 is 0. The van der Waals surface area contributed by atoms with E-state index < -0.39 is 5.54 Å². The molecule has 5 nitrogen and oxygen atoms in total. The van der Waals surface area contributed by atoms with E-state index in [0.717, 1.165) is 31.5 Å². The van der Waals surface area contributed by atoms with Gasteiger partial charge in [0.1, 0.15) is 5.54 Å². The van der Waals surface area contributed by atoms with Gasteiger partial charge in [0.25, 0.3) is 5.91 Å². The molecule has 0 bridgehead atoms. The maximum atomic E-state index is 13.6. The number of hydrogen-bond acceptors (Lipinski definition) is 3. The highest BCUT2D eigenvalue weighted by atomic mass is 35.5. The third kappa shape index (κ3) is 4.21. The normalized spacial score (nSPS) is 15.3. The van der Waals surface area contributed by atoms with Gasteiger partial charge in [0.2, 0.25) is 0 Å². The van der Waals surface area contributed by atoms with Crippen LogP contribution < -0.4 is 5.32 Å². The van der Waals surface area contributed by atoms with E-state index in [0.29, 0.717) is 6.54 Å². The van der Waals surface area contributed by atoms with Gasteiger partial charge in [-0.2, -0.15) is 5.10 Å². The van der Waals surface area contributed by atoms with Crippen LogP contribution in [0.5, 0.6) is 0 Å². The van der Waals surface area contributed by atoms with Crippen molar-refractivity contribution in [2.45, 2.75) is 24.9 Å². The molecule has 29 heavy (non-hydrogen) atoms. The second-order valence-electron chi connectivity index (χ2n) is 7.42. The van der Waals surface area contributed by atoms with Crippen molar-refractivity contribution >= 4 is 18.3 Å². The van der Waals surface area contributed by atoms with Crippen molar-refractivity contribution in [2.24, 2.45) is 0 Å². The zero-order valence-electron chi connectivity index (χ0n) is 16.6. The predicted octanol–water partition coefficient (Wildman–Crippen LogP) is 3.71. The number of likely N-dealkylation sites (N-methyl/N-ethyl adjacent to an activating group) is 1. The molecule has 0 radical (unpaired) electrons. The Morgan fingerprint density at radius 3 is 2.45 bits per heavy atom. The number of benzene rings is 2. The fourth-order valence-corrected chi connectivity index (χ4v) is 4.14. The molecule has 2 aromatic carbocycles. The number of amides is 1. The number of aromatic nitrogens is 2. The third-order valence-electron chi connectivity index (χ3n) is 5.63. The Morgan fingerprint density at radius 1 is 1.07 bits per heavy atom. The van der Waals surface area contributed by atoms with Gasteiger partial charge in [0.15, 0.2) is 0 Å². The molecule has 3 aromatic rings. The number of nitrogens with one attached hydrogen (secondary N) is 1. The lowest BCUT2D eigenvalue weighted by atomic mass is 9.86. The van der Waals surface area contributed by atoms with Crippen LogP contribution in [-0.2, 0) is 16.9 Å². The molecule has 152 valence electrons. The van der Waals surface area contributed by atoms with Crippen LogP contribution in [0.25, 0.3) is 11.1 Å². The molecule has 1 aliphatic rings. The van der Waals surface area contributed by atoms with Gasteiger partial charge in [-0.15, -0.1) is 12.4 Å². The number of carbonyl (C=O) groups excluding carboxylic acids is 1. The summed E-state index contributed by atoms with van der Waals surface area (Å²) in [6.45, 7) is 2.21. The van der Waals surface area contributed by atoms with E-state index in [9.17, 15) is 4.79 Å². The summed E-state index contributed by atoms with van der Waals surface area (Å²) in [4.78, 5) is 15.5. The summed E-state index contributed by atoms with van der Waals surface area (Å²) in [5.74, 6) is 0.126. The fourth-order valence-electron chi connectivity index (χ4n) is 4.14. The molecule has 1 saturated heterocycles. The van der Waals surface area contributed by atoms with E-state index in [2.05, 4.69) is 34.7 Å². The Bertz CT molecular complexity index is 921. The lowest BCUT2D eigenvalue weighted by molar-refractivity contribution is -0.142. The van der Waals surface area contributed by atoms with Crippen LogP contribution in [0, 0.1) is 0 Å². The highest BCUT2D eigenvalue weighted by Crippen LogP contribution is 2.31. The van der Waals surface area contributed by atoms with Gasteiger partial charge in [-0.05, 0) is 48.7 Å². The van der Waals surface area contributed by atoms with E-state index in [1.807, 2.05) is 59.2 Å². The Labute approximate surface area is 178 Å². The van der Waals surface area contributed by atoms with E-state index >= 15 is 0 Å². The standard InChI is InChI=1S/C23H26N4O.ClH/c1-26(18-20-10-5-6-11-21(20)19-8-3-2-4-9-19)22(28)23(12-15-24-16-13-23)27-17-7-14-25-27;/h2-11,14,17,24H,12-13,15-16,18H2,1H3;1H. The molecule has 1 fully saturated rings. The van der Waals surface area contributed by atoms with E-state index in [1.165, 1.54) is 11.1 Å². The topological polar surface area (TPSA) is 50.2 Å². The Kier molecular flexibility index (Phi) is 6.72. The SMILES string of the molecule is CN(Cc1ccccc1-c1ccccc1)C(=O)C1(n2cccn2)CCNCC1.Cl. The summed E-state index contributed by atoms with van der Waals surface area (Å²) in [7, 11) is 1.90. The highest BCUT2D eigenvalue weighted by Gasteiger charge is 2.43. The van der Waals surface area contributed by atoms with Crippen molar-refractivity contribution in [3.63, 3.8) is 0 Å². The second-order valence-corrected chi connectivity index (χ2v) is 7.42. The van der Waals surface area contributed by atoms with Gasteiger partial charge in [0, 0.05) is 26.0 Å². The number of hydrogen-bond donors (Lipinski definition) is 1. The average molecular weight is 411 g/mol. The molecule has 0 aliphatic carbocycles. The van der Waals surface area contributed by atoms with Crippen molar-refractivity contribution in [2.75, 3.05) is 20.1 Å². The first-order valence-electron chi connectivity index (χ1n) is 9.80. The van der Waals surface area contributed by atoms with Crippen molar-refractivity contribution < 1.29 is 4.79 Å². The maximum absolute atomic E-state index is 13.6. The minimum Gasteiger partial charge on any atom is -0.339 e. The van der Waals surface area contributed by atoms with Crippen LogP contribution in [-0.4, -0.2) is 40.7 Å². The number of carbonyl (C=O) groups is 1. The Balaban J connectivity index is 0.00000240. The average Bonchev–Trinajstić information content (AvgIpc) is 3.30. The minimum absolute atomic E-state index is 0. The quantitative estimate of drug-likeness (QED) is 0.697. The number of rotatable bonds is 5. The Morgan fingerprint density at radius 2 is 1.76 bits per heavy atom. The van der Waals surface area contributed by atoms with E-state index in [1.54, 1.807) is 6.20 Å². The molecule has 0 unspecified atom stereocenters. The third-order valence-corrected chi connectivity index (χ3v) is 5.63. The first-order valence-corrected chi connectivity index (χ1v) is 9.80. The van der Waals surface area contributed by atoms with Crippen LogP contribution in [0.4, 0.5) is 0 Å². The van der Waals surface area contributed by atoms with Crippen molar-refractivity contribution in [1.82, 2.24) is 20.0 Å². The summed E-state index contributed by atoms with van der Waals surface area (Å²) in [5, 5.41) is 7.79. The molecule has 6 heteroatoms. The molecule has 1 aliphatic heterocycles. The summed E-state index contributed by atoms with van der Waals surface area (Å²) in [6, 6.07) is 20.5. The van der Waals surface area contributed by atoms with E-state index in [4.69, 9.17) is 0 Å². The van der Waals surface area contributed by atoms with Crippen LogP contribution in [0.2, 0.25) is 0 Å².